The zero-order valence-electron chi connectivity index (χ0n) is 54.0. The normalized spacial score (nSPS) is 13.9. The second-order valence-electron chi connectivity index (χ2n) is 23.0. The number of nitrogens with two attached hydrogens (primary N) is 1. The summed E-state index contributed by atoms with van der Waals surface area (Å²) in [5, 5.41) is 29.8. The number of aromatic hydroxyl groups is 1. The van der Waals surface area contributed by atoms with Gasteiger partial charge >= 0.3 is 18.2 Å². The molecule has 526 valence electrons. The molecule has 1 aliphatic heterocycles. The predicted molar refractivity (Wildman–Crippen MR) is 432 cm³/mol. The first-order valence-electron chi connectivity index (χ1n) is 29.8. The third-order valence-electron chi connectivity index (χ3n) is 12.8. The van der Waals surface area contributed by atoms with E-state index in [4.69, 9.17) is 48.4 Å². The molecule has 0 aliphatic carbocycles. The lowest BCUT2D eigenvalue weighted by molar-refractivity contribution is -0.146. The number of halogens is 9. The number of epoxide rings is 1. The molecule has 1 aliphatic rings. The van der Waals surface area contributed by atoms with Gasteiger partial charge < -0.3 is 63.9 Å². The Morgan fingerprint density at radius 2 is 1.06 bits per heavy atom. The van der Waals surface area contributed by atoms with Crippen LogP contribution in [0.4, 0.5) is 9.59 Å². The van der Waals surface area contributed by atoms with Crippen LogP contribution in [0.25, 0.3) is 0 Å². The van der Waals surface area contributed by atoms with Gasteiger partial charge in [-0.05, 0) is 340 Å². The molecule has 0 bridgehead atoms. The fourth-order valence-corrected chi connectivity index (χ4v) is 16.5. The van der Waals surface area contributed by atoms with Gasteiger partial charge in [-0.1, -0.05) is 42.6 Å². The van der Waals surface area contributed by atoms with Gasteiger partial charge in [-0.25, -0.2) is 9.59 Å². The van der Waals surface area contributed by atoms with Crippen molar-refractivity contribution >= 4 is 234 Å². The molecule has 1 fully saturated rings. The molecule has 0 spiro atoms. The van der Waals surface area contributed by atoms with E-state index in [2.05, 4.69) is 220 Å². The van der Waals surface area contributed by atoms with Crippen LogP contribution < -0.4 is 35.9 Å². The van der Waals surface area contributed by atoms with Crippen LogP contribution in [0, 0.1) is 40.4 Å². The van der Waals surface area contributed by atoms with E-state index in [1.54, 1.807) is 60.6 Å². The number of carbonyl (C=O) groups excluding carboxylic acids is 6. The van der Waals surface area contributed by atoms with Crippen molar-refractivity contribution in [1.82, 2.24) is 16.0 Å². The first kappa shape index (κ1) is 88.9. The van der Waals surface area contributed by atoms with Crippen molar-refractivity contribution in [2.75, 3.05) is 45.3 Å². The van der Waals surface area contributed by atoms with E-state index >= 15 is 0 Å². The first-order valence-corrected chi connectivity index (χ1v) is 39.6. The molecule has 0 radical (unpaired) electrons. The zero-order chi connectivity index (χ0) is 70.9. The number of unbranched alkanes of at least 4 members (excludes halogenated alkanes) is 2. The van der Waals surface area contributed by atoms with Crippen molar-refractivity contribution in [2.45, 2.75) is 162 Å². The quantitative estimate of drug-likeness (QED) is 0.00378. The van der Waals surface area contributed by atoms with Gasteiger partial charge in [-0.3, -0.25) is 29.8 Å². The topological polar surface area (TPSA) is 291 Å². The number of ketones is 1. The zero-order valence-corrected chi connectivity index (χ0v) is 72.9. The van der Waals surface area contributed by atoms with E-state index in [1.165, 1.54) is 7.11 Å². The summed E-state index contributed by atoms with van der Waals surface area (Å²) in [5.74, 6) is 3.88. The number of alkyl halides is 1. The van der Waals surface area contributed by atoms with Crippen molar-refractivity contribution in [3.63, 3.8) is 0 Å². The average molecular weight is 2280 g/mol. The Labute approximate surface area is 670 Å². The van der Waals surface area contributed by atoms with Crippen LogP contribution in [-0.2, 0) is 60.4 Å². The summed E-state index contributed by atoms with van der Waals surface area (Å²) in [6.07, 6.45) is 4.75. The number of amides is 2. The largest absolute Gasteiger partial charge is 0.506 e. The molecule has 7 N–H and O–H groups in total. The fourth-order valence-electron chi connectivity index (χ4n) is 8.12. The van der Waals surface area contributed by atoms with E-state index in [0.717, 1.165) is 109 Å². The van der Waals surface area contributed by atoms with Gasteiger partial charge in [0.05, 0.1) is 54.3 Å². The monoisotopic (exact) mass is 2280 g/mol. The lowest BCUT2D eigenvalue weighted by atomic mass is 9.96. The number of Topliss-reactive ketones (excluding diaryl/α,β-unsaturated/α-hetero) is 1. The number of methoxy groups -OCH3 is 1. The van der Waals surface area contributed by atoms with E-state index in [-0.39, 0.29) is 43.0 Å². The molecule has 0 aromatic heterocycles. The maximum absolute atomic E-state index is 12.2. The summed E-state index contributed by atoms with van der Waals surface area (Å²) >= 11 is 20.5. The number of phenols is 1. The number of hydrogen-bond acceptors (Lipinski definition) is 19. The standard InChI is InChI=1S/C32H42I4N2O9.C20H19I4NO6.C9H19NO.C3H5BrO/c1-6-20(30(41)43-5)9-7-8-10-37-16-21(40)17-44-28-25(35)14-22(15-26(28)36)46-29-23(33)11-19(12-24(29)34)13-27(45-18-39)38-31(42)47-32(2,3)4;1-20(2,3)31-19(28)25-16(29-9-26)6-10-4-14(23)18(15(24)5-10)30-11-7-12(21)17(27)13(22)8-11;1-3-9(8(2)11)6-4-5-7-10;4-1-3-2-5-3/h11-12,14-15,18,20-21,27,37,40H,6-10,13,16-17H2,1-5H3,(H,38,42);4-5,7-9,16,27H,6H2,1-3H3,(H,25,28);9H,3-7,10H2,1-2H3;3H,1-2H2. The van der Waals surface area contributed by atoms with Crippen molar-refractivity contribution in [2.24, 2.45) is 17.6 Å². The number of benzene rings is 4. The Bertz CT molecular complexity index is 2960. The van der Waals surface area contributed by atoms with E-state index < -0.39 is 41.9 Å². The Morgan fingerprint density at radius 3 is 1.41 bits per heavy atom. The lowest BCUT2D eigenvalue weighted by Crippen LogP contribution is -2.41. The van der Waals surface area contributed by atoms with Crippen molar-refractivity contribution in [1.29, 1.82) is 0 Å². The number of phenolic OH excluding ortho intramolecular Hbond substituents is 1. The summed E-state index contributed by atoms with van der Waals surface area (Å²) in [7, 11) is 1.42. The average Bonchev–Trinajstić information content (AvgIpc) is 1.09. The molecule has 30 heteroatoms. The third-order valence-corrected chi connectivity index (χ3v) is 20.0. The van der Waals surface area contributed by atoms with E-state index in [9.17, 15) is 39.0 Å². The van der Waals surface area contributed by atoms with Crippen LogP contribution >= 0.6 is 197 Å². The number of rotatable bonds is 33. The van der Waals surface area contributed by atoms with Gasteiger partial charge in [0.25, 0.3) is 12.9 Å². The number of esters is 1. The maximum atomic E-state index is 12.2. The second-order valence-corrected chi connectivity index (χ2v) is 32.9. The van der Waals surface area contributed by atoms with Crippen molar-refractivity contribution in [3.05, 3.63) is 88.2 Å². The van der Waals surface area contributed by atoms with Crippen LogP contribution in [0.1, 0.15) is 125 Å². The highest BCUT2D eigenvalue weighted by Crippen LogP contribution is 2.39. The van der Waals surface area contributed by atoms with Gasteiger partial charge in [0.15, 0.2) is 24.0 Å². The number of ether oxygens (including phenoxy) is 9. The highest BCUT2D eigenvalue weighted by atomic mass is 127. The second kappa shape index (κ2) is 47.1. The number of carbonyl (C=O) groups is 6. The molecular formula is C64H85BrI8N4O17. The minimum atomic E-state index is -0.899. The van der Waals surface area contributed by atoms with Gasteiger partial charge in [0.2, 0.25) is 0 Å². The summed E-state index contributed by atoms with van der Waals surface area (Å²) in [5.41, 5.74) is 5.67. The fraction of sp³-hybridized carbons (Fsp3) is 0.531. The highest BCUT2D eigenvalue weighted by molar-refractivity contribution is 14.1. The van der Waals surface area contributed by atoms with Crippen molar-refractivity contribution in [3.8, 4) is 34.5 Å². The first-order chi connectivity index (χ1) is 44.2. The Morgan fingerprint density at radius 1 is 0.660 bits per heavy atom. The van der Waals surface area contributed by atoms with E-state index in [0.29, 0.717) is 67.3 Å². The lowest BCUT2D eigenvalue weighted by Gasteiger charge is -2.23. The number of nitrogens with one attached hydrogen (secondary N) is 3. The summed E-state index contributed by atoms with van der Waals surface area (Å²) < 4.78 is 55.0. The van der Waals surface area contributed by atoms with Gasteiger partial charge in [0.1, 0.15) is 52.7 Å². The summed E-state index contributed by atoms with van der Waals surface area (Å²) in [4.78, 5) is 68.8. The molecule has 5 rings (SSSR count). The SMILES string of the molecule is BrCC1CO1.CC(C)(C)OC(=O)NC(Cc1cc(I)c(Oc2cc(I)c(O)c(I)c2)c(I)c1)OC=O.CCC(CCCCN)C(C)=O.CCC(CCCCNCC(O)COc1c(I)cc(Oc2c(I)cc(CC(NC(=O)OC(C)(C)C)OC=O)cc2I)cc1I)C(=O)OC. The number of hydrogen-bond donors (Lipinski definition) is 6. The molecule has 1 saturated heterocycles. The summed E-state index contributed by atoms with van der Waals surface area (Å²) in [6.45, 7) is 19.8. The van der Waals surface area contributed by atoms with Gasteiger partial charge in [0, 0.05) is 30.6 Å². The summed E-state index contributed by atoms with van der Waals surface area (Å²) in [6, 6.07) is 14.9. The Balaban J connectivity index is 0.000000540. The van der Waals surface area contributed by atoms with Gasteiger partial charge in [-0.2, -0.15) is 0 Å². The van der Waals surface area contributed by atoms with E-state index in [1.807, 2.05) is 43.3 Å². The third kappa shape index (κ3) is 37.0. The number of aliphatic hydroxyl groups excluding tert-OH is 1. The van der Waals surface area contributed by atoms with Gasteiger partial charge in [-0.15, -0.1) is 0 Å². The van der Waals surface area contributed by atoms with Crippen LogP contribution in [0.15, 0.2) is 48.5 Å². The molecular weight excluding hydrogens is 2190 g/mol. The Hall–Kier alpha value is -1.14. The molecule has 2 amide bonds. The molecule has 21 nitrogen and oxygen atoms in total. The highest BCUT2D eigenvalue weighted by Gasteiger charge is 2.25. The Kier molecular flexibility index (Phi) is 44.6. The van der Waals surface area contributed by atoms with Crippen LogP contribution in [-0.4, -0.2) is 128 Å². The molecule has 6 atom stereocenters. The van der Waals surface area contributed by atoms with Crippen molar-refractivity contribution < 1.29 is 81.6 Å². The number of alkyl carbamates (subject to hydrolysis) is 2. The molecule has 0 saturated carbocycles. The maximum Gasteiger partial charge on any atom is 0.410 e. The van der Waals surface area contributed by atoms with Crippen LogP contribution in [0.2, 0.25) is 0 Å². The number of aliphatic hydroxyl groups is 1. The predicted octanol–water partition coefficient (Wildman–Crippen LogP) is 15.8. The van der Waals surface area contributed by atoms with Crippen LogP contribution in [0.3, 0.4) is 0 Å². The molecule has 1 heterocycles. The molecule has 4 aromatic carbocycles. The smallest absolute Gasteiger partial charge is 0.410 e. The minimum Gasteiger partial charge on any atom is -0.506 e. The van der Waals surface area contributed by atoms with Crippen LogP contribution in [0.5, 0.6) is 34.5 Å². The molecule has 94 heavy (non-hydrogen) atoms. The molecule has 4 aromatic rings. The minimum absolute atomic E-state index is 0.0571. The molecule has 6 unspecified atom stereocenters.